The Bertz CT molecular complexity index is 1500. The SMILES string of the molecule is Cc1c2ccc3c1nnn3CCCOCc1ccc(cc1)C(=O)N1CCc3ccc(cc3C1)C2C(C)(C)C. The topological polar surface area (TPSA) is 60.2 Å². The predicted octanol–water partition coefficient (Wildman–Crippen LogP) is 6.04. The molecule has 9 rings (SSSR count). The molecule has 5 aliphatic heterocycles. The molecule has 4 aromatic rings. The van der Waals surface area contributed by atoms with Crippen molar-refractivity contribution in [1.29, 1.82) is 0 Å². The summed E-state index contributed by atoms with van der Waals surface area (Å²) in [6.07, 6.45) is 1.73. The van der Waals surface area contributed by atoms with Gasteiger partial charge in [-0.15, -0.1) is 5.10 Å². The Kier molecular flexibility index (Phi) is 6.31. The van der Waals surface area contributed by atoms with Crippen molar-refractivity contribution in [2.24, 2.45) is 5.41 Å². The Morgan fingerprint density at radius 3 is 2.58 bits per heavy atom. The van der Waals surface area contributed by atoms with Gasteiger partial charge >= 0.3 is 0 Å². The molecule has 6 heteroatoms. The molecular weight excluding hydrogens is 472 g/mol. The number of carbonyl (C=O) groups excluding carboxylic acids is 1. The smallest absolute Gasteiger partial charge is 0.254 e. The van der Waals surface area contributed by atoms with Crippen molar-refractivity contribution >= 4 is 16.9 Å². The van der Waals surface area contributed by atoms with Gasteiger partial charge in [-0.2, -0.15) is 0 Å². The molecule has 196 valence electrons. The summed E-state index contributed by atoms with van der Waals surface area (Å²) in [6.45, 7) is 12.4. The Balaban J connectivity index is 1.46. The second-order valence-electron chi connectivity index (χ2n) is 11.9. The van der Waals surface area contributed by atoms with E-state index < -0.39 is 0 Å². The van der Waals surface area contributed by atoms with Crippen molar-refractivity contribution < 1.29 is 9.53 Å². The summed E-state index contributed by atoms with van der Waals surface area (Å²) in [5.41, 5.74) is 10.2. The van der Waals surface area contributed by atoms with Gasteiger partial charge in [-0.05, 0) is 76.8 Å². The van der Waals surface area contributed by atoms with E-state index in [2.05, 4.69) is 68.3 Å². The molecule has 1 atom stereocenters. The van der Waals surface area contributed by atoms with Crippen LogP contribution >= 0.6 is 0 Å². The summed E-state index contributed by atoms with van der Waals surface area (Å²) in [6, 6.07) is 19.2. The lowest BCUT2D eigenvalue weighted by Crippen LogP contribution is -2.36. The molecule has 0 radical (unpaired) electrons. The van der Waals surface area contributed by atoms with Gasteiger partial charge in [0.05, 0.1) is 12.1 Å². The summed E-state index contributed by atoms with van der Waals surface area (Å²) < 4.78 is 7.93. The van der Waals surface area contributed by atoms with Crippen molar-refractivity contribution in [1.82, 2.24) is 19.9 Å². The molecule has 0 spiro atoms. The number of nitrogens with zero attached hydrogens (tertiary/aromatic N) is 4. The van der Waals surface area contributed by atoms with Gasteiger partial charge in [0.15, 0.2) is 0 Å². The highest BCUT2D eigenvalue weighted by molar-refractivity contribution is 5.94. The first-order chi connectivity index (χ1) is 18.3. The van der Waals surface area contributed by atoms with Gasteiger partial charge in [0.25, 0.3) is 5.91 Å². The Morgan fingerprint density at radius 2 is 1.79 bits per heavy atom. The normalized spacial score (nSPS) is 18.5. The lowest BCUT2D eigenvalue weighted by atomic mass is 9.71. The third-order valence-corrected chi connectivity index (χ3v) is 8.15. The van der Waals surface area contributed by atoms with Crippen LogP contribution in [0.4, 0.5) is 0 Å². The van der Waals surface area contributed by atoms with Crippen molar-refractivity contribution in [3.63, 3.8) is 0 Å². The van der Waals surface area contributed by atoms with Crippen molar-refractivity contribution in [3.05, 3.63) is 93.5 Å². The first-order valence-corrected chi connectivity index (χ1v) is 13.7. The van der Waals surface area contributed by atoms with E-state index in [4.69, 9.17) is 4.74 Å². The van der Waals surface area contributed by atoms with E-state index in [1.54, 1.807) is 0 Å². The van der Waals surface area contributed by atoms with Gasteiger partial charge in [0, 0.05) is 37.7 Å². The van der Waals surface area contributed by atoms with Gasteiger partial charge in [-0.1, -0.05) is 62.4 Å². The Hall–Kier alpha value is -3.51. The number of hydrogen-bond donors (Lipinski definition) is 0. The maximum Gasteiger partial charge on any atom is 0.254 e. The number of carbonyl (C=O) groups is 1. The van der Waals surface area contributed by atoms with Crippen molar-refractivity contribution in [2.45, 2.75) is 66.2 Å². The molecule has 1 unspecified atom stereocenters. The third-order valence-electron chi connectivity index (χ3n) is 8.15. The van der Waals surface area contributed by atoms with Gasteiger partial charge in [-0.3, -0.25) is 4.79 Å². The molecule has 1 aromatic heterocycles. The Labute approximate surface area is 224 Å². The fourth-order valence-corrected chi connectivity index (χ4v) is 6.17. The van der Waals surface area contributed by atoms with Gasteiger partial charge < -0.3 is 9.64 Å². The number of ether oxygens (including phenoxy) is 1. The molecular formula is C32H36N4O2. The van der Waals surface area contributed by atoms with Crippen LogP contribution < -0.4 is 0 Å². The maximum atomic E-state index is 13.4. The van der Waals surface area contributed by atoms with Crippen LogP contribution in [0.1, 0.15) is 76.8 Å². The molecule has 0 N–H and O–H groups in total. The highest BCUT2D eigenvalue weighted by Gasteiger charge is 2.31. The maximum absolute atomic E-state index is 13.4. The van der Waals surface area contributed by atoms with E-state index in [1.165, 1.54) is 27.8 Å². The highest BCUT2D eigenvalue weighted by atomic mass is 16.5. The van der Waals surface area contributed by atoms with Crippen LogP contribution in [-0.4, -0.2) is 39.0 Å². The predicted molar refractivity (Wildman–Crippen MR) is 149 cm³/mol. The molecule has 0 aliphatic carbocycles. The van der Waals surface area contributed by atoms with Crippen LogP contribution in [0.3, 0.4) is 0 Å². The summed E-state index contributed by atoms with van der Waals surface area (Å²) in [5, 5.41) is 9.11. The number of hydrogen-bond acceptors (Lipinski definition) is 4. The molecule has 0 fully saturated rings. The van der Waals surface area contributed by atoms with Crippen LogP contribution in [0, 0.1) is 12.3 Å². The number of benzene rings is 3. The average Bonchev–Trinajstić information content (AvgIpc) is 3.32. The van der Waals surface area contributed by atoms with E-state index in [9.17, 15) is 4.79 Å². The molecule has 3 aromatic carbocycles. The van der Waals surface area contributed by atoms with Gasteiger partial charge in [0.2, 0.25) is 0 Å². The average molecular weight is 509 g/mol. The van der Waals surface area contributed by atoms with E-state index in [0.29, 0.717) is 19.8 Å². The lowest BCUT2D eigenvalue weighted by Gasteiger charge is -2.35. The number of aromatic nitrogens is 3. The number of aryl methyl sites for hydroxylation is 2. The minimum absolute atomic E-state index is 0.0127. The van der Waals surface area contributed by atoms with E-state index in [-0.39, 0.29) is 17.2 Å². The van der Waals surface area contributed by atoms with Crippen LogP contribution in [-0.2, 0) is 30.9 Å². The molecule has 6 nitrogen and oxygen atoms in total. The lowest BCUT2D eigenvalue weighted by molar-refractivity contribution is 0.0734. The zero-order valence-corrected chi connectivity index (χ0v) is 22.8. The van der Waals surface area contributed by atoms with Crippen molar-refractivity contribution in [3.8, 4) is 0 Å². The Morgan fingerprint density at radius 1 is 0.974 bits per heavy atom. The molecule has 6 heterocycles. The quantitative estimate of drug-likeness (QED) is 0.291. The van der Waals surface area contributed by atoms with Crippen LogP contribution in [0.5, 0.6) is 0 Å². The monoisotopic (exact) mass is 508 g/mol. The van der Waals surface area contributed by atoms with Crippen molar-refractivity contribution in [2.75, 3.05) is 13.2 Å². The minimum atomic E-state index is -0.0127. The van der Waals surface area contributed by atoms with Crippen LogP contribution in [0.2, 0.25) is 0 Å². The minimum Gasteiger partial charge on any atom is -0.377 e. The van der Waals surface area contributed by atoms with E-state index in [1.807, 2.05) is 33.8 Å². The number of rotatable bonds is 0. The molecule has 5 aliphatic rings. The molecule has 0 saturated heterocycles. The van der Waals surface area contributed by atoms with Gasteiger partial charge in [0.1, 0.15) is 5.52 Å². The first-order valence-electron chi connectivity index (χ1n) is 13.7. The van der Waals surface area contributed by atoms with E-state index in [0.717, 1.165) is 48.1 Å². The molecule has 9 bridgehead atoms. The van der Waals surface area contributed by atoms with E-state index >= 15 is 0 Å². The highest BCUT2D eigenvalue weighted by Crippen LogP contribution is 2.43. The summed E-state index contributed by atoms with van der Waals surface area (Å²) in [5.74, 6) is 0.277. The molecule has 38 heavy (non-hydrogen) atoms. The summed E-state index contributed by atoms with van der Waals surface area (Å²) in [4.78, 5) is 15.4. The van der Waals surface area contributed by atoms with Crippen LogP contribution in [0.25, 0.3) is 11.0 Å². The number of amides is 1. The molecule has 0 saturated carbocycles. The first kappa shape index (κ1) is 24.8. The summed E-state index contributed by atoms with van der Waals surface area (Å²) >= 11 is 0. The van der Waals surface area contributed by atoms with Crippen LogP contribution in [0.15, 0.2) is 54.6 Å². The molecule has 1 amide bonds. The zero-order chi connectivity index (χ0) is 26.4. The van der Waals surface area contributed by atoms with Gasteiger partial charge in [-0.25, -0.2) is 4.68 Å². The second-order valence-corrected chi connectivity index (χ2v) is 11.9. The fraction of sp³-hybridized carbons (Fsp3) is 0.406. The fourth-order valence-electron chi connectivity index (χ4n) is 6.17. The second kappa shape index (κ2) is 9.66. The largest absolute Gasteiger partial charge is 0.377 e. The third kappa shape index (κ3) is 4.51. The standard InChI is InChI=1S/C32H36N4O2/c1-21-27-12-13-28-30(21)33-34-36(28)15-5-17-38-20-22-6-8-24(9-7-22)31(37)35-16-14-23-10-11-25(18-26(23)19-35)29(27)32(2,3)4/h6-13,18,29H,5,14-17,19-20H2,1-4H3. The zero-order valence-electron chi connectivity index (χ0n) is 22.8. The summed E-state index contributed by atoms with van der Waals surface area (Å²) in [7, 11) is 0.